The van der Waals surface area contributed by atoms with Gasteiger partial charge in [-0.2, -0.15) is 0 Å². The molecule has 1 fully saturated rings. The lowest BCUT2D eigenvalue weighted by Gasteiger charge is -2.34. The third kappa shape index (κ3) is 2.75. The Morgan fingerprint density at radius 3 is 2.62 bits per heavy atom. The number of benzene rings is 1. The highest BCUT2D eigenvalue weighted by atomic mass is 16.5. The smallest absolute Gasteiger partial charge is 0.270 e. The number of H-pyrrole nitrogens is 1. The van der Waals surface area contributed by atoms with Crippen molar-refractivity contribution in [1.82, 2.24) is 9.88 Å². The average Bonchev–Trinajstić information content (AvgIpc) is 2.88. The number of fused-ring (bicyclic) bond motifs is 1. The third-order valence-corrected chi connectivity index (χ3v) is 4.21. The van der Waals surface area contributed by atoms with Gasteiger partial charge >= 0.3 is 0 Å². The summed E-state index contributed by atoms with van der Waals surface area (Å²) in [4.78, 5) is 17.9. The molecule has 2 atom stereocenters. The number of hydrogen-bond donors (Lipinski definition) is 1. The highest BCUT2D eigenvalue weighted by Crippen LogP contribution is 2.25. The van der Waals surface area contributed by atoms with E-state index in [-0.39, 0.29) is 5.91 Å². The molecule has 2 heterocycles. The van der Waals surface area contributed by atoms with E-state index in [2.05, 4.69) is 18.8 Å². The van der Waals surface area contributed by atoms with Crippen molar-refractivity contribution in [3.63, 3.8) is 0 Å². The summed E-state index contributed by atoms with van der Waals surface area (Å²) >= 11 is 0. The number of hydrogen-bond acceptors (Lipinski definition) is 2. The lowest BCUT2D eigenvalue weighted by atomic mass is 9.92. The summed E-state index contributed by atoms with van der Waals surface area (Å²) in [6.07, 6.45) is 1.20. The molecule has 0 radical (unpaired) electrons. The van der Waals surface area contributed by atoms with Crippen LogP contribution in [0.25, 0.3) is 10.9 Å². The quantitative estimate of drug-likeness (QED) is 0.920. The lowest BCUT2D eigenvalue weighted by molar-refractivity contribution is 0.0618. The standard InChI is InChI=1S/C17H22N2O2/c1-11-6-12(2)10-19(9-11)17(20)16-8-13-7-14(21-3)4-5-15(13)18-16/h4-5,7-8,11-12,18H,6,9-10H2,1-3H3/t11-,12+. The Labute approximate surface area is 125 Å². The minimum Gasteiger partial charge on any atom is -0.497 e. The molecular weight excluding hydrogens is 264 g/mol. The van der Waals surface area contributed by atoms with Gasteiger partial charge < -0.3 is 14.6 Å². The van der Waals surface area contributed by atoms with Crippen LogP contribution in [0.4, 0.5) is 0 Å². The van der Waals surface area contributed by atoms with Crippen LogP contribution in [-0.2, 0) is 0 Å². The Hall–Kier alpha value is -1.97. The molecule has 2 aromatic rings. The number of methoxy groups -OCH3 is 1. The van der Waals surface area contributed by atoms with Gasteiger partial charge in [0.15, 0.2) is 0 Å². The summed E-state index contributed by atoms with van der Waals surface area (Å²) in [6.45, 7) is 6.13. The van der Waals surface area contributed by atoms with Crippen LogP contribution in [0, 0.1) is 11.8 Å². The molecule has 0 aliphatic carbocycles. The number of carbonyl (C=O) groups excluding carboxylic acids is 1. The van der Waals surface area contributed by atoms with Gasteiger partial charge in [-0.1, -0.05) is 13.8 Å². The first-order valence-electron chi connectivity index (χ1n) is 7.53. The molecule has 1 aliphatic rings. The third-order valence-electron chi connectivity index (χ3n) is 4.21. The van der Waals surface area contributed by atoms with Gasteiger partial charge in [0.2, 0.25) is 0 Å². The van der Waals surface area contributed by atoms with Crippen molar-refractivity contribution in [2.75, 3.05) is 20.2 Å². The number of aromatic nitrogens is 1. The Bertz CT molecular complexity index is 652. The van der Waals surface area contributed by atoms with Crippen LogP contribution in [0.1, 0.15) is 30.8 Å². The second kappa shape index (κ2) is 5.43. The average molecular weight is 286 g/mol. The fraction of sp³-hybridized carbons (Fsp3) is 0.471. The van der Waals surface area contributed by atoms with E-state index < -0.39 is 0 Å². The van der Waals surface area contributed by atoms with Crippen LogP contribution < -0.4 is 4.74 Å². The highest BCUT2D eigenvalue weighted by molar-refractivity contribution is 5.98. The molecule has 1 aromatic heterocycles. The number of nitrogens with zero attached hydrogens (tertiary/aromatic N) is 1. The minimum atomic E-state index is 0.101. The summed E-state index contributed by atoms with van der Waals surface area (Å²) in [5, 5.41) is 1.01. The number of ether oxygens (including phenoxy) is 1. The van der Waals surface area contributed by atoms with Crippen molar-refractivity contribution >= 4 is 16.8 Å². The number of amides is 1. The summed E-state index contributed by atoms with van der Waals surface area (Å²) in [7, 11) is 1.65. The van der Waals surface area contributed by atoms with Crippen LogP contribution in [0.5, 0.6) is 5.75 Å². The maximum atomic E-state index is 12.7. The molecule has 1 aliphatic heterocycles. The highest BCUT2D eigenvalue weighted by Gasteiger charge is 2.26. The second-order valence-corrected chi connectivity index (χ2v) is 6.29. The van der Waals surface area contributed by atoms with E-state index in [4.69, 9.17) is 4.74 Å². The van der Waals surface area contributed by atoms with Crippen LogP contribution in [0.2, 0.25) is 0 Å². The normalized spacial score (nSPS) is 22.5. The predicted molar refractivity (Wildman–Crippen MR) is 83.7 cm³/mol. The van der Waals surface area contributed by atoms with E-state index in [1.165, 1.54) is 6.42 Å². The van der Waals surface area contributed by atoms with Gasteiger partial charge in [0.25, 0.3) is 5.91 Å². The van der Waals surface area contributed by atoms with Gasteiger partial charge in [-0.15, -0.1) is 0 Å². The maximum Gasteiger partial charge on any atom is 0.270 e. The molecule has 3 rings (SSSR count). The largest absolute Gasteiger partial charge is 0.497 e. The molecule has 112 valence electrons. The van der Waals surface area contributed by atoms with E-state index in [0.29, 0.717) is 17.5 Å². The lowest BCUT2D eigenvalue weighted by Crippen LogP contribution is -2.42. The SMILES string of the molecule is COc1ccc2[nH]c(C(=O)N3C[C@H](C)C[C@H](C)C3)cc2c1. The number of nitrogens with one attached hydrogen (secondary N) is 1. The van der Waals surface area contributed by atoms with Crippen molar-refractivity contribution in [3.8, 4) is 5.75 Å². The van der Waals surface area contributed by atoms with Crippen LogP contribution in [0.15, 0.2) is 24.3 Å². The first-order chi connectivity index (χ1) is 10.1. The van der Waals surface area contributed by atoms with Gasteiger partial charge in [-0.3, -0.25) is 4.79 Å². The van der Waals surface area contributed by atoms with Crippen molar-refractivity contribution in [3.05, 3.63) is 30.0 Å². The van der Waals surface area contributed by atoms with Crippen LogP contribution >= 0.6 is 0 Å². The van der Waals surface area contributed by atoms with Crippen molar-refractivity contribution < 1.29 is 9.53 Å². The molecule has 4 nitrogen and oxygen atoms in total. The zero-order valence-electron chi connectivity index (χ0n) is 12.8. The zero-order chi connectivity index (χ0) is 15.0. The monoisotopic (exact) mass is 286 g/mol. The molecule has 1 N–H and O–H groups in total. The van der Waals surface area contributed by atoms with Crippen LogP contribution in [-0.4, -0.2) is 36.0 Å². The first-order valence-corrected chi connectivity index (χ1v) is 7.53. The number of piperidine rings is 1. The summed E-state index contributed by atoms with van der Waals surface area (Å²) in [5.74, 6) is 2.05. The van der Waals surface area contributed by atoms with E-state index >= 15 is 0 Å². The molecule has 1 aromatic carbocycles. The number of carbonyl (C=O) groups is 1. The Kier molecular flexibility index (Phi) is 3.62. The summed E-state index contributed by atoms with van der Waals surface area (Å²) < 4.78 is 5.23. The van der Waals surface area contributed by atoms with Gasteiger partial charge in [0.05, 0.1) is 7.11 Å². The molecule has 21 heavy (non-hydrogen) atoms. The number of likely N-dealkylation sites (tertiary alicyclic amines) is 1. The van der Waals surface area contributed by atoms with Crippen molar-refractivity contribution in [1.29, 1.82) is 0 Å². The molecule has 1 amide bonds. The molecule has 0 unspecified atom stereocenters. The van der Waals surface area contributed by atoms with Crippen LogP contribution in [0.3, 0.4) is 0 Å². The van der Waals surface area contributed by atoms with Crippen molar-refractivity contribution in [2.24, 2.45) is 11.8 Å². The first kappa shape index (κ1) is 14.0. The molecule has 4 heteroatoms. The Balaban J connectivity index is 1.87. The van der Waals surface area contributed by atoms with E-state index in [9.17, 15) is 4.79 Å². The molecule has 0 saturated carbocycles. The molecular formula is C17H22N2O2. The van der Waals surface area contributed by atoms with E-state index in [1.54, 1.807) is 7.11 Å². The zero-order valence-corrected chi connectivity index (χ0v) is 12.8. The van der Waals surface area contributed by atoms with E-state index in [1.807, 2.05) is 29.2 Å². The number of aromatic amines is 1. The van der Waals surface area contributed by atoms with E-state index in [0.717, 1.165) is 29.7 Å². The van der Waals surface area contributed by atoms with Gasteiger partial charge in [0, 0.05) is 24.0 Å². The maximum absolute atomic E-state index is 12.7. The Morgan fingerprint density at radius 2 is 1.95 bits per heavy atom. The fourth-order valence-electron chi connectivity index (χ4n) is 3.35. The van der Waals surface area contributed by atoms with Gasteiger partial charge in [-0.25, -0.2) is 0 Å². The topological polar surface area (TPSA) is 45.3 Å². The van der Waals surface area contributed by atoms with Gasteiger partial charge in [0.1, 0.15) is 11.4 Å². The molecule has 0 spiro atoms. The van der Waals surface area contributed by atoms with Crippen molar-refractivity contribution in [2.45, 2.75) is 20.3 Å². The summed E-state index contributed by atoms with van der Waals surface area (Å²) in [5.41, 5.74) is 1.64. The number of rotatable bonds is 2. The minimum absolute atomic E-state index is 0.101. The van der Waals surface area contributed by atoms with Gasteiger partial charge in [-0.05, 0) is 42.5 Å². The predicted octanol–water partition coefficient (Wildman–Crippen LogP) is 3.29. The Morgan fingerprint density at radius 1 is 1.24 bits per heavy atom. The molecule has 0 bridgehead atoms. The fourth-order valence-corrected chi connectivity index (χ4v) is 3.35. The molecule has 1 saturated heterocycles. The summed E-state index contributed by atoms with van der Waals surface area (Å²) in [6, 6.07) is 7.72. The second-order valence-electron chi connectivity index (χ2n) is 6.29.